The zero-order valence-electron chi connectivity index (χ0n) is 13.5. The number of rotatable bonds is 2. The number of hydrogen-bond donors (Lipinski definition) is 0. The molecule has 0 aromatic heterocycles. The minimum atomic E-state index is -0.0720. The van der Waals surface area contributed by atoms with E-state index in [1.54, 1.807) is 0 Å². The lowest BCUT2D eigenvalue weighted by Gasteiger charge is -2.35. The van der Waals surface area contributed by atoms with E-state index < -0.39 is 0 Å². The molecule has 2 saturated heterocycles. The molecule has 6 atom stereocenters. The summed E-state index contributed by atoms with van der Waals surface area (Å²) < 4.78 is 17.4. The normalized spacial score (nSPS) is 53.3. The molecule has 2 aliphatic carbocycles. The van der Waals surface area contributed by atoms with Crippen LogP contribution in [0.2, 0.25) is 0 Å². The molecule has 6 unspecified atom stereocenters. The first-order valence-electron chi connectivity index (χ1n) is 8.27. The summed E-state index contributed by atoms with van der Waals surface area (Å²) in [6, 6.07) is 0. The van der Waals surface area contributed by atoms with E-state index >= 15 is 0 Å². The summed E-state index contributed by atoms with van der Waals surface area (Å²) in [7, 11) is 0. The van der Waals surface area contributed by atoms with Crippen LogP contribution in [0.1, 0.15) is 59.8 Å². The van der Waals surface area contributed by atoms with Crippen molar-refractivity contribution in [1.82, 2.24) is 0 Å². The maximum atomic E-state index is 12.5. The van der Waals surface area contributed by atoms with Crippen molar-refractivity contribution in [2.45, 2.75) is 89.3 Å². The second-order valence-electron chi connectivity index (χ2n) is 8.76. The number of esters is 1. The van der Waals surface area contributed by atoms with E-state index in [0.29, 0.717) is 0 Å². The lowest BCUT2D eigenvalue weighted by molar-refractivity contribution is -0.158. The Morgan fingerprint density at radius 3 is 2.62 bits per heavy atom. The third kappa shape index (κ3) is 2.31. The molecule has 4 nitrogen and oxygen atoms in total. The molecule has 0 aromatic carbocycles. The van der Waals surface area contributed by atoms with Crippen LogP contribution in [0.4, 0.5) is 0 Å². The Hall–Kier alpha value is -0.610. The maximum absolute atomic E-state index is 12.5. The van der Waals surface area contributed by atoms with Gasteiger partial charge in [-0.15, -0.1) is 0 Å². The van der Waals surface area contributed by atoms with Crippen molar-refractivity contribution in [3.63, 3.8) is 0 Å². The highest BCUT2D eigenvalue weighted by Crippen LogP contribution is 2.55. The molecule has 0 bridgehead atoms. The Bertz CT molecular complexity index is 484. The lowest BCUT2D eigenvalue weighted by Crippen LogP contribution is -2.41. The molecule has 4 rings (SSSR count). The standard InChI is InChI=1S/C17H26O4/c1-15(2)8-11(13-17(4,9-15)21-13)19-14(18)10-5-6-16(3)12(7-10)20-16/h10-13H,5-9H2,1-4H3. The van der Waals surface area contributed by atoms with Gasteiger partial charge in [0.15, 0.2) is 0 Å². The van der Waals surface area contributed by atoms with Crippen LogP contribution in [0.5, 0.6) is 0 Å². The Morgan fingerprint density at radius 1 is 1.14 bits per heavy atom. The van der Waals surface area contributed by atoms with Gasteiger partial charge >= 0.3 is 5.97 Å². The fraction of sp³-hybridized carbons (Fsp3) is 0.941. The molecule has 2 heterocycles. The molecule has 2 aliphatic heterocycles. The van der Waals surface area contributed by atoms with Gasteiger partial charge in [-0.25, -0.2) is 0 Å². The van der Waals surface area contributed by atoms with Crippen molar-refractivity contribution in [2.75, 3.05) is 0 Å². The van der Waals surface area contributed by atoms with Gasteiger partial charge in [-0.1, -0.05) is 13.8 Å². The summed E-state index contributed by atoms with van der Waals surface area (Å²) in [5.41, 5.74) is 0.163. The van der Waals surface area contributed by atoms with Crippen LogP contribution in [-0.4, -0.2) is 35.5 Å². The van der Waals surface area contributed by atoms with Crippen molar-refractivity contribution >= 4 is 5.97 Å². The lowest BCUT2D eigenvalue weighted by atomic mass is 9.71. The van der Waals surface area contributed by atoms with E-state index in [1.165, 1.54) is 0 Å². The zero-order chi connectivity index (χ0) is 15.0. The summed E-state index contributed by atoms with van der Waals surface area (Å²) in [4.78, 5) is 12.5. The molecule has 0 radical (unpaired) electrons. The summed E-state index contributed by atoms with van der Waals surface area (Å²) >= 11 is 0. The predicted octanol–water partition coefficient (Wildman–Crippen LogP) is 2.83. The maximum Gasteiger partial charge on any atom is 0.309 e. The highest BCUT2D eigenvalue weighted by Gasteiger charge is 2.64. The molecule has 118 valence electrons. The van der Waals surface area contributed by atoms with E-state index in [1.807, 2.05) is 0 Å². The van der Waals surface area contributed by atoms with Crippen molar-refractivity contribution in [3.8, 4) is 0 Å². The molecule has 21 heavy (non-hydrogen) atoms. The molecule has 0 spiro atoms. The number of ether oxygens (including phenoxy) is 3. The van der Waals surface area contributed by atoms with Crippen LogP contribution in [0.15, 0.2) is 0 Å². The average Bonchev–Trinajstić information content (AvgIpc) is 3.20. The van der Waals surface area contributed by atoms with Gasteiger partial charge < -0.3 is 14.2 Å². The number of epoxide rings is 2. The van der Waals surface area contributed by atoms with E-state index in [4.69, 9.17) is 14.2 Å². The zero-order valence-corrected chi connectivity index (χ0v) is 13.5. The highest BCUT2D eigenvalue weighted by molar-refractivity contribution is 5.73. The molecule has 0 N–H and O–H groups in total. The van der Waals surface area contributed by atoms with Gasteiger partial charge in [0.25, 0.3) is 0 Å². The SMILES string of the molecule is CC1(C)CC(OC(=O)C2CCC3(C)OC3C2)C2OC2(C)C1. The minimum Gasteiger partial charge on any atom is -0.459 e. The van der Waals surface area contributed by atoms with Crippen LogP contribution < -0.4 is 0 Å². The fourth-order valence-corrected chi connectivity index (χ4v) is 4.75. The summed E-state index contributed by atoms with van der Waals surface area (Å²) in [5.74, 6) is -0.0197. The number of carbonyl (C=O) groups excluding carboxylic acids is 1. The average molecular weight is 294 g/mol. The largest absolute Gasteiger partial charge is 0.459 e. The van der Waals surface area contributed by atoms with Crippen molar-refractivity contribution in [3.05, 3.63) is 0 Å². The first-order valence-corrected chi connectivity index (χ1v) is 8.27. The summed E-state index contributed by atoms with van der Waals surface area (Å²) in [6.07, 6.45) is 4.97. The van der Waals surface area contributed by atoms with Gasteiger partial charge in [0.05, 0.1) is 23.2 Å². The van der Waals surface area contributed by atoms with Gasteiger partial charge in [0.2, 0.25) is 0 Å². The minimum absolute atomic E-state index is 0.0145. The van der Waals surface area contributed by atoms with Gasteiger partial charge in [-0.2, -0.15) is 0 Å². The summed E-state index contributed by atoms with van der Waals surface area (Å²) in [6.45, 7) is 8.76. The molecule has 0 amide bonds. The van der Waals surface area contributed by atoms with Crippen molar-refractivity contribution in [1.29, 1.82) is 0 Å². The second-order valence-corrected chi connectivity index (χ2v) is 8.76. The number of carbonyl (C=O) groups is 1. The molecular formula is C17H26O4. The topological polar surface area (TPSA) is 51.4 Å². The number of hydrogen-bond acceptors (Lipinski definition) is 4. The van der Waals surface area contributed by atoms with Gasteiger partial charge in [-0.3, -0.25) is 4.79 Å². The number of fused-ring (bicyclic) bond motifs is 2. The Labute approximate surface area is 126 Å². The van der Waals surface area contributed by atoms with Crippen LogP contribution in [-0.2, 0) is 19.0 Å². The summed E-state index contributed by atoms with van der Waals surface area (Å²) in [5, 5.41) is 0. The quantitative estimate of drug-likeness (QED) is 0.580. The Kier molecular flexibility index (Phi) is 2.68. The molecule has 0 aromatic rings. The third-order valence-electron chi connectivity index (χ3n) is 5.99. The molecular weight excluding hydrogens is 268 g/mol. The Morgan fingerprint density at radius 2 is 1.90 bits per heavy atom. The van der Waals surface area contributed by atoms with Crippen molar-refractivity contribution in [2.24, 2.45) is 11.3 Å². The fourth-order valence-electron chi connectivity index (χ4n) is 4.75. The van der Waals surface area contributed by atoms with Crippen LogP contribution in [0, 0.1) is 11.3 Å². The van der Waals surface area contributed by atoms with Crippen LogP contribution >= 0.6 is 0 Å². The second kappa shape index (κ2) is 4.02. The van der Waals surface area contributed by atoms with Gasteiger partial charge in [0.1, 0.15) is 12.2 Å². The van der Waals surface area contributed by atoms with E-state index in [0.717, 1.165) is 32.1 Å². The van der Waals surface area contributed by atoms with E-state index in [2.05, 4.69) is 27.7 Å². The van der Waals surface area contributed by atoms with Gasteiger partial charge in [0, 0.05) is 0 Å². The van der Waals surface area contributed by atoms with Gasteiger partial charge in [-0.05, 0) is 51.4 Å². The van der Waals surface area contributed by atoms with Crippen molar-refractivity contribution < 1.29 is 19.0 Å². The monoisotopic (exact) mass is 294 g/mol. The smallest absolute Gasteiger partial charge is 0.309 e. The first-order chi connectivity index (χ1) is 9.71. The van der Waals surface area contributed by atoms with Crippen LogP contribution in [0.3, 0.4) is 0 Å². The predicted molar refractivity (Wildman–Crippen MR) is 76.8 cm³/mol. The first kappa shape index (κ1) is 14.0. The Balaban J connectivity index is 1.39. The molecule has 4 aliphatic rings. The molecule has 4 fully saturated rings. The van der Waals surface area contributed by atoms with Crippen LogP contribution in [0.25, 0.3) is 0 Å². The highest BCUT2D eigenvalue weighted by atomic mass is 16.6. The van der Waals surface area contributed by atoms with E-state index in [-0.39, 0.29) is 46.8 Å². The van der Waals surface area contributed by atoms with E-state index in [9.17, 15) is 4.79 Å². The molecule has 2 saturated carbocycles. The third-order valence-corrected chi connectivity index (χ3v) is 5.99. The molecule has 4 heteroatoms.